The second-order valence-electron chi connectivity index (χ2n) is 6.99. The molecule has 0 aliphatic carbocycles. The fraction of sp³-hybridized carbons (Fsp3) is 0.130. The molecule has 150 valence electrons. The third-order valence-electron chi connectivity index (χ3n) is 4.47. The maximum atomic E-state index is 12.2. The Bertz CT molecular complexity index is 1220. The molecule has 0 bridgehead atoms. The molecule has 2 aromatic heterocycles. The van der Waals surface area contributed by atoms with Crippen molar-refractivity contribution < 1.29 is 4.74 Å². The molecule has 2 heterocycles. The van der Waals surface area contributed by atoms with Crippen molar-refractivity contribution >= 4 is 5.95 Å². The summed E-state index contributed by atoms with van der Waals surface area (Å²) in [6.07, 6.45) is 0. The van der Waals surface area contributed by atoms with Crippen molar-refractivity contribution in [3.63, 3.8) is 0 Å². The minimum absolute atomic E-state index is 0.0840. The van der Waals surface area contributed by atoms with E-state index in [0.717, 1.165) is 5.56 Å². The number of hydrogen-bond acceptors (Lipinski definition) is 6. The van der Waals surface area contributed by atoms with E-state index in [0.29, 0.717) is 22.7 Å². The van der Waals surface area contributed by atoms with Crippen LogP contribution in [0, 0.1) is 0 Å². The second-order valence-corrected chi connectivity index (χ2v) is 6.99. The lowest BCUT2D eigenvalue weighted by Crippen LogP contribution is -2.24. The summed E-state index contributed by atoms with van der Waals surface area (Å²) in [5.41, 5.74) is 8.34. The van der Waals surface area contributed by atoms with Crippen LogP contribution in [-0.2, 0) is 0 Å². The van der Waals surface area contributed by atoms with Crippen LogP contribution in [0.4, 0.5) is 5.95 Å². The summed E-state index contributed by atoms with van der Waals surface area (Å²) in [5, 5.41) is 4.56. The minimum atomic E-state index is -0.183. The van der Waals surface area contributed by atoms with E-state index in [1.807, 2.05) is 74.5 Å². The Morgan fingerprint density at radius 1 is 0.900 bits per heavy atom. The van der Waals surface area contributed by atoms with Gasteiger partial charge in [0.25, 0.3) is 5.56 Å². The number of nitrogens with two attached hydrogens (primary N) is 1. The molecule has 2 N–H and O–H groups in total. The van der Waals surface area contributed by atoms with Crippen molar-refractivity contribution in [2.75, 3.05) is 5.73 Å². The van der Waals surface area contributed by atoms with Crippen LogP contribution < -0.4 is 16.0 Å². The number of para-hydroxylation sites is 1. The Morgan fingerprint density at radius 2 is 1.57 bits per heavy atom. The highest BCUT2D eigenvalue weighted by molar-refractivity contribution is 5.83. The fourth-order valence-electron chi connectivity index (χ4n) is 3.10. The molecule has 4 rings (SSSR count). The largest absolute Gasteiger partial charge is 0.438 e. The molecule has 7 heteroatoms. The number of ether oxygens (including phenoxy) is 1. The average molecular weight is 399 g/mol. The summed E-state index contributed by atoms with van der Waals surface area (Å²) in [5.74, 6) is 0.961. The van der Waals surface area contributed by atoms with E-state index >= 15 is 0 Å². The topological polar surface area (TPSA) is 95.9 Å². The summed E-state index contributed by atoms with van der Waals surface area (Å²) in [4.78, 5) is 21.1. The van der Waals surface area contributed by atoms with Gasteiger partial charge in [-0.05, 0) is 32.0 Å². The van der Waals surface area contributed by atoms with Crippen LogP contribution in [0.1, 0.15) is 19.9 Å². The predicted octanol–water partition coefficient (Wildman–Crippen LogP) is 4.32. The predicted molar refractivity (Wildman–Crippen MR) is 116 cm³/mol. The van der Waals surface area contributed by atoms with Crippen LogP contribution in [0.15, 0.2) is 77.6 Å². The van der Waals surface area contributed by atoms with E-state index in [-0.39, 0.29) is 23.4 Å². The first kappa shape index (κ1) is 19.3. The molecular weight excluding hydrogens is 378 g/mol. The zero-order valence-corrected chi connectivity index (χ0v) is 16.7. The van der Waals surface area contributed by atoms with Gasteiger partial charge in [0.05, 0.1) is 23.0 Å². The summed E-state index contributed by atoms with van der Waals surface area (Å²) < 4.78 is 7.50. The van der Waals surface area contributed by atoms with Crippen molar-refractivity contribution in [2.24, 2.45) is 0 Å². The number of nitrogen functional groups attached to an aromatic ring is 1. The molecule has 30 heavy (non-hydrogen) atoms. The molecule has 0 fully saturated rings. The zero-order chi connectivity index (χ0) is 21.1. The van der Waals surface area contributed by atoms with Gasteiger partial charge in [-0.1, -0.05) is 48.5 Å². The molecule has 0 aliphatic heterocycles. The first-order valence-corrected chi connectivity index (χ1v) is 9.59. The van der Waals surface area contributed by atoms with Crippen LogP contribution in [0.5, 0.6) is 11.6 Å². The Labute approximate surface area is 173 Å². The van der Waals surface area contributed by atoms with Gasteiger partial charge in [0.1, 0.15) is 5.75 Å². The van der Waals surface area contributed by atoms with Crippen LogP contribution >= 0.6 is 0 Å². The lowest BCUT2D eigenvalue weighted by atomic mass is 10.0. The number of hydrogen-bond donors (Lipinski definition) is 1. The highest BCUT2D eigenvalue weighted by Gasteiger charge is 2.21. The third kappa shape index (κ3) is 3.91. The van der Waals surface area contributed by atoms with Crippen molar-refractivity contribution in [3.8, 4) is 34.1 Å². The Hall–Kier alpha value is -4.00. The van der Waals surface area contributed by atoms with Gasteiger partial charge in [0, 0.05) is 11.6 Å². The van der Waals surface area contributed by atoms with Crippen molar-refractivity contribution in [1.29, 1.82) is 0 Å². The number of nitrogens with zero attached hydrogens (tertiary/aromatic N) is 4. The van der Waals surface area contributed by atoms with Gasteiger partial charge in [-0.3, -0.25) is 4.79 Å². The Morgan fingerprint density at radius 3 is 2.23 bits per heavy atom. The van der Waals surface area contributed by atoms with Gasteiger partial charge in [0.15, 0.2) is 0 Å². The maximum absolute atomic E-state index is 12.2. The van der Waals surface area contributed by atoms with Gasteiger partial charge in [0.2, 0.25) is 11.8 Å². The fourth-order valence-corrected chi connectivity index (χ4v) is 3.10. The molecule has 0 unspecified atom stereocenters. The van der Waals surface area contributed by atoms with E-state index in [4.69, 9.17) is 10.5 Å². The summed E-state index contributed by atoms with van der Waals surface area (Å²) in [7, 11) is 0. The van der Waals surface area contributed by atoms with E-state index in [1.54, 1.807) is 6.07 Å². The molecule has 0 saturated carbocycles. The van der Waals surface area contributed by atoms with Gasteiger partial charge in [-0.15, -0.1) is 0 Å². The first-order chi connectivity index (χ1) is 14.5. The highest BCUT2D eigenvalue weighted by atomic mass is 16.5. The van der Waals surface area contributed by atoms with Crippen LogP contribution in [0.25, 0.3) is 22.5 Å². The maximum Gasteiger partial charge on any atom is 0.267 e. The Kier molecular flexibility index (Phi) is 5.26. The first-order valence-electron chi connectivity index (χ1n) is 9.59. The van der Waals surface area contributed by atoms with E-state index in [1.165, 1.54) is 10.7 Å². The van der Waals surface area contributed by atoms with Crippen LogP contribution in [-0.4, -0.2) is 19.7 Å². The molecule has 0 aliphatic rings. The van der Waals surface area contributed by atoms with Crippen LogP contribution in [0.2, 0.25) is 0 Å². The smallest absolute Gasteiger partial charge is 0.267 e. The third-order valence-corrected chi connectivity index (χ3v) is 4.47. The van der Waals surface area contributed by atoms with Gasteiger partial charge in [-0.25, -0.2) is 9.67 Å². The van der Waals surface area contributed by atoms with Gasteiger partial charge < -0.3 is 10.5 Å². The van der Waals surface area contributed by atoms with E-state index < -0.39 is 0 Å². The van der Waals surface area contributed by atoms with Crippen molar-refractivity contribution in [3.05, 3.63) is 83.2 Å². The van der Waals surface area contributed by atoms with Crippen molar-refractivity contribution in [2.45, 2.75) is 19.9 Å². The minimum Gasteiger partial charge on any atom is -0.438 e. The molecule has 0 spiro atoms. The SMILES string of the molecule is CC(C)n1nc(-c2c(Oc3ccccc3)nc(N)nc2-c2ccccc2)ccc1=O. The lowest BCUT2D eigenvalue weighted by molar-refractivity contribution is 0.463. The average Bonchev–Trinajstić information content (AvgIpc) is 2.75. The van der Waals surface area contributed by atoms with E-state index in [2.05, 4.69) is 15.1 Å². The van der Waals surface area contributed by atoms with Gasteiger partial charge in [-0.2, -0.15) is 10.1 Å². The Balaban J connectivity index is 1.98. The summed E-state index contributed by atoms with van der Waals surface area (Å²) in [6.45, 7) is 3.80. The molecule has 0 saturated heterocycles. The highest BCUT2D eigenvalue weighted by Crippen LogP contribution is 2.38. The normalized spacial score (nSPS) is 10.9. The monoisotopic (exact) mass is 399 g/mol. The van der Waals surface area contributed by atoms with Gasteiger partial charge >= 0.3 is 0 Å². The number of aromatic nitrogens is 4. The molecule has 4 aromatic rings. The summed E-state index contributed by atoms with van der Waals surface area (Å²) >= 11 is 0. The second kappa shape index (κ2) is 8.16. The standard InChI is InChI=1S/C23H21N5O2/c1-15(2)28-19(29)14-13-18(27-28)20-21(16-9-5-3-6-10-16)25-23(24)26-22(20)30-17-11-7-4-8-12-17/h3-15H,1-2H3,(H2,24,25,26). The number of benzene rings is 2. The van der Waals surface area contributed by atoms with E-state index in [9.17, 15) is 4.79 Å². The summed E-state index contributed by atoms with van der Waals surface area (Å²) in [6, 6.07) is 21.9. The lowest BCUT2D eigenvalue weighted by Gasteiger charge is -2.16. The number of rotatable bonds is 5. The molecule has 0 amide bonds. The molecule has 0 radical (unpaired) electrons. The molecule has 0 atom stereocenters. The quantitative estimate of drug-likeness (QED) is 0.537. The zero-order valence-electron chi connectivity index (χ0n) is 16.7. The number of anilines is 1. The van der Waals surface area contributed by atoms with Crippen molar-refractivity contribution in [1.82, 2.24) is 19.7 Å². The molecular formula is C23H21N5O2. The van der Waals surface area contributed by atoms with Crippen LogP contribution in [0.3, 0.4) is 0 Å². The molecule has 7 nitrogen and oxygen atoms in total. The molecule has 2 aromatic carbocycles.